The molecule has 0 bridgehead atoms. The molecule has 0 radical (unpaired) electrons. The lowest BCUT2D eigenvalue weighted by atomic mass is 9.90. The highest BCUT2D eigenvalue weighted by molar-refractivity contribution is 5.32. The third kappa shape index (κ3) is 2.69. The van der Waals surface area contributed by atoms with Crippen molar-refractivity contribution < 1.29 is 22.3 Å². The highest BCUT2D eigenvalue weighted by Gasteiger charge is 2.35. The Hall–Kier alpha value is -1.30. The fourth-order valence-electron chi connectivity index (χ4n) is 1.69. The second-order valence-corrected chi connectivity index (χ2v) is 4.11. The molecule has 1 aliphatic carbocycles. The van der Waals surface area contributed by atoms with Crippen LogP contribution in [0, 0.1) is 5.82 Å². The van der Waals surface area contributed by atoms with Gasteiger partial charge in [0, 0.05) is 6.04 Å². The fraction of sp³-hybridized carbons (Fsp3) is 0.455. The normalized spacial score (nSPS) is 24.3. The summed E-state index contributed by atoms with van der Waals surface area (Å²) in [5.41, 5.74) is 4.22. The predicted octanol–water partition coefficient (Wildman–Crippen LogP) is 2.71. The van der Waals surface area contributed by atoms with Crippen LogP contribution in [0.4, 0.5) is 17.6 Å². The van der Waals surface area contributed by atoms with E-state index in [1.165, 1.54) is 6.07 Å². The summed E-state index contributed by atoms with van der Waals surface area (Å²) in [5.74, 6) is -1.27. The molecule has 0 spiro atoms. The highest BCUT2D eigenvalue weighted by Crippen LogP contribution is 2.34. The first-order valence-electron chi connectivity index (χ1n) is 5.15. The van der Waals surface area contributed by atoms with Crippen molar-refractivity contribution in [3.05, 3.63) is 29.6 Å². The Morgan fingerprint density at radius 1 is 1.24 bits per heavy atom. The van der Waals surface area contributed by atoms with E-state index in [9.17, 15) is 17.6 Å². The van der Waals surface area contributed by atoms with Crippen molar-refractivity contribution >= 4 is 0 Å². The largest absolute Gasteiger partial charge is 0.490 e. The molecular weight excluding hydrogens is 238 g/mol. The summed E-state index contributed by atoms with van der Waals surface area (Å²) in [4.78, 5) is 0. The van der Waals surface area contributed by atoms with Crippen molar-refractivity contribution in [3.8, 4) is 5.75 Å². The van der Waals surface area contributed by atoms with Gasteiger partial charge in [-0.3, -0.25) is 0 Å². The lowest BCUT2D eigenvalue weighted by Gasteiger charge is -2.32. The number of benzene rings is 1. The molecule has 17 heavy (non-hydrogen) atoms. The van der Waals surface area contributed by atoms with Crippen LogP contribution in [0.3, 0.4) is 0 Å². The van der Waals surface area contributed by atoms with E-state index in [0.29, 0.717) is 18.9 Å². The minimum Gasteiger partial charge on any atom is -0.490 e. The van der Waals surface area contributed by atoms with Gasteiger partial charge in [0.1, 0.15) is 17.7 Å². The Morgan fingerprint density at radius 3 is 2.41 bits per heavy atom. The van der Waals surface area contributed by atoms with Gasteiger partial charge in [-0.1, -0.05) is 0 Å². The fourth-order valence-corrected chi connectivity index (χ4v) is 1.69. The number of hydrogen-bond acceptors (Lipinski definition) is 2. The molecule has 0 amide bonds. The summed E-state index contributed by atoms with van der Waals surface area (Å²) >= 11 is 0. The van der Waals surface area contributed by atoms with Gasteiger partial charge in [-0.15, -0.1) is 0 Å². The topological polar surface area (TPSA) is 35.2 Å². The molecule has 0 aromatic heterocycles. The molecule has 0 atom stereocenters. The Kier molecular flexibility index (Phi) is 2.99. The summed E-state index contributed by atoms with van der Waals surface area (Å²) in [7, 11) is 0. The Balaban J connectivity index is 2.14. The second kappa shape index (κ2) is 4.18. The number of hydrogen-bond donors (Lipinski definition) is 1. The maximum Gasteiger partial charge on any atom is 0.419 e. The van der Waals surface area contributed by atoms with Gasteiger partial charge in [-0.2, -0.15) is 13.2 Å². The molecule has 1 aromatic carbocycles. The van der Waals surface area contributed by atoms with Crippen LogP contribution in [0.15, 0.2) is 18.2 Å². The van der Waals surface area contributed by atoms with Crippen LogP contribution in [0.2, 0.25) is 0 Å². The van der Waals surface area contributed by atoms with Crippen molar-refractivity contribution in [2.45, 2.75) is 31.2 Å². The number of ether oxygens (including phenoxy) is 1. The van der Waals surface area contributed by atoms with Gasteiger partial charge < -0.3 is 10.5 Å². The third-order valence-electron chi connectivity index (χ3n) is 2.68. The summed E-state index contributed by atoms with van der Waals surface area (Å²) in [5, 5.41) is 0. The Morgan fingerprint density at radius 2 is 1.88 bits per heavy atom. The minimum absolute atomic E-state index is 0.0237. The van der Waals surface area contributed by atoms with Gasteiger partial charge in [0.05, 0.1) is 5.56 Å². The van der Waals surface area contributed by atoms with E-state index in [-0.39, 0.29) is 17.9 Å². The molecule has 1 saturated carbocycles. The van der Waals surface area contributed by atoms with Gasteiger partial charge in [0.15, 0.2) is 0 Å². The van der Waals surface area contributed by atoms with Crippen LogP contribution in [-0.4, -0.2) is 12.1 Å². The molecule has 2 rings (SSSR count). The Labute approximate surface area is 95.4 Å². The predicted molar refractivity (Wildman–Crippen MR) is 53.0 cm³/mol. The van der Waals surface area contributed by atoms with Crippen molar-refractivity contribution in [1.29, 1.82) is 0 Å². The summed E-state index contributed by atoms with van der Waals surface area (Å²) in [6, 6.07) is 2.67. The molecule has 0 aliphatic heterocycles. The number of rotatable bonds is 2. The Bertz CT molecular complexity index is 412. The van der Waals surface area contributed by atoms with E-state index in [1.54, 1.807) is 0 Å². The van der Waals surface area contributed by atoms with Crippen molar-refractivity contribution in [3.63, 3.8) is 0 Å². The van der Waals surface area contributed by atoms with Gasteiger partial charge in [-0.05, 0) is 31.0 Å². The third-order valence-corrected chi connectivity index (χ3v) is 2.68. The van der Waals surface area contributed by atoms with E-state index in [0.717, 1.165) is 6.07 Å². The van der Waals surface area contributed by atoms with Crippen LogP contribution in [-0.2, 0) is 6.18 Å². The quantitative estimate of drug-likeness (QED) is 0.818. The van der Waals surface area contributed by atoms with Crippen LogP contribution in [0.5, 0.6) is 5.75 Å². The molecule has 0 unspecified atom stereocenters. The molecule has 2 nitrogen and oxygen atoms in total. The van der Waals surface area contributed by atoms with Crippen molar-refractivity contribution in [2.24, 2.45) is 5.73 Å². The average molecular weight is 249 g/mol. The van der Waals surface area contributed by atoms with Crippen LogP contribution >= 0.6 is 0 Å². The van der Waals surface area contributed by atoms with E-state index >= 15 is 0 Å². The van der Waals surface area contributed by atoms with Crippen molar-refractivity contribution in [2.75, 3.05) is 0 Å². The molecule has 1 fully saturated rings. The molecule has 0 saturated heterocycles. The van der Waals surface area contributed by atoms with Gasteiger partial charge >= 0.3 is 6.18 Å². The summed E-state index contributed by atoms with van der Waals surface area (Å²) in [6.45, 7) is 0. The summed E-state index contributed by atoms with van der Waals surface area (Å²) < 4.78 is 55.5. The number of halogens is 4. The first-order chi connectivity index (χ1) is 7.86. The average Bonchev–Trinajstić information content (AvgIpc) is 2.16. The maximum atomic E-state index is 13.0. The van der Waals surface area contributed by atoms with Crippen LogP contribution < -0.4 is 10.5 Å². The first kappa shape index (κ1) is 12.2. The van der Waals surface area contributed by atoms with Gasteiger partial charge in [0.25, 0.3) is 0 Å². The zero-order valence-corrected chi connectivity index (χ0v) is 8.80. The SMILES string of the molecule is NC1CC(Oc2ccc(F)c(C(F)(F)F)c2)C1. The second-order valence-electron chi connectivity index (χ2n) is 4.11. The molecule has 6 heteroatoms. The lowest BCUT2D eigenvalue weighted by Crippen LogP contribution is -2.43. The summed E-state index contributed by atoms with van der Waals surface area (Å²) in [6.07, 6.45) is -3.66. The maximum absolute atomic E-state index is 13.0. The van der Waals surface area contributed by atoms with E-state index in [1.807, 2.05) is 0 Å². The van der Waals surface area contributed by atoms with Crippen LogP contribution in [0.1, 0.15) is 18.4 Å². The van der Waals surface area contributed by atoms with Gasteiger partial charge in [0.2, 0.25) is 0 Å². The highest BCUT2D eigenvalue weighted by atomic mass is 19.4. The molecular formula is C11H11F4NO. The minimum atomic E-state index is -4.71. The monoisotopic (exact) mass is 249 g/mol. The first-order valence-corrected chi connectivity index (χ1v) is 5.15. The smallest absolute Gasteiger partial charge is 0.419 e. The molecule has 1 aliphatic rings. The number of alkyl halides is 3. The lowest BCUT2D eigenvalue weighted by molar-refractivity contribution is -0.140. The molecule has 1 aromatic rings. The van der Waals surface area contributed by atoms with E-state index in [2.05, 4.69) is 0 Å². The zero-order chi connectivity index (χ0) is 12.6. The zero-order valence-electron chi connectivity index (χ0n) is 8.80. The standard InChI is InChI=1S/C11H11F4NO/c12-10-2-1-7(5-9(10)11(13,14)15)17-8-3-6(16)4-8/h1-2,5-6,8H,3-4,16H2. The molecule has 2 N–H and O–H groups in total. The molecule has 0 heterocycles. The van der Waals surface area contributed by atoms with E-state index < -0.39 is 17.6 Å². The van der Waals surface area contributed by atoms with E-state index in [4.69, 9.17) is 10.5 Å². The molecule has 94 valence electrons. The van der Waals surface area contributed by atoms with Gasteiger partial charge in [-0.25, -0.2) is 4.39 Å². The van der Waals surface area contributed by atoms with Crippen LogP contribution in [0.25, 0.3) is 0 Å². The number of nitrogens with two attached hydrogens (primary N) is 1. The van der Waals surface area contributed by atoms with Crippen molar-refractivity contribution in [1.82, 2.24) is 0 Å².